The molecule has 112 valence electrons. The van der Waals surface area contributed by atoms with Crippen LogP contribution < -0.4 is 5.32 Å². The van der Waals surface area contributed by atoms with Gasteiger partial charge in [0.05, 0.1) is 5.60 Å². The fourth-order valence-electron chi connectivity index (χ4n) is 3.58. The molecule has 2 rings (SSSR count). The van der Waals surface area contributed by atoms with Crippen LogP contribution >= 0.6 is 0 Å². The van der Waals surface area contributed by atoms with E-state index in [4.69, 9.17) is 4.74 Å². The molecule has 1 saturated carbocycles. The molecule has 1 unspecified atom stereocenters. The van der Waals surface area contributed by atoms with Crippen LogP contribution in [-0.2, 0) is 4.74 Å². The molecule has 2 heteroatoms. The molecule has 0 aromatic heterocycles. The number of rotatable bonds is 4. The smallest absolute Gasteiger partial charge is 0.0685 e. The predicted molar refractivity (Wildman–Crippen MR) is 81.4 cm³/mol. The summed E-state index contributed by atoms with van der Waals surface area (Å²) in [4.78, 5) is 0. The minimum absolute atomic E-state index is 0.237. The zero-order valence-corrected chi connectivity index (χ0v) is 13.6. The Hall–Kier alpha value is -0.0800. The monoisotopic (exact) mass is 267 g/mol. The van der Waals surface area contributed by atoms with E-state index < -0.39 is 0 Å². The first-order valence-electron chi connectivity index (χ1n) is 8.12. The molecule has 1 aliphatic carbocycles. The Labute approximate surface area is 119 Å². The minimum atomic E-state index is 0.237. The van der Waals surface area contributed by atoms with Crippen molar-refractivity contribution in [2.75, 3.05) is 13.2 Å². The summed E-state index contributed by atoms with van der Waals surface area (Å²) in [6, 6.07) is 0. The summed E-state index contributed by atoms with van der Waals surface area (Å²) in [5.41, 5.74) is 0.962. The number of ether oxygens (including phenoxy) is 1. The second kappa shape index (κ2) is 5.37. The summed E-state index contributed by atoms with van der Waals surface area (Å²) in [7, 11) is 0. The fraction of sp³-hybridized carbons (Fsp3) is 1.00. The van der Waals surface area contributed by atoms with Gasteiger partial charge in [-0.1, -0.05) is 13.8 Å². The summed E-state index contributed by atoms with van der Waals surface area (Å²) < 4.78 is 6.07. The summed E-state index contributed by atoms with van der Waals surface area (Å²) in [5.74, 6) is 0.836. The Balaban J connectivity index is 1.84. The largest absolute Gasteiger partial charge is 0.375 e. The Morgan fingerprint density at radius 1 is 1.16 bits per heavy atom. The van der Waals surface area contributed by atoms with Gasteiger partial charge in [-0.05, 0) is 77.2 Å². The van der Waals surface area contributed by atoms with Crippen LogP contribution in [0.3, 0.4) is 0 Å². The van der Waals surface area contributed by atoms with Crippen molar-refractivity contribution >= 4 is 0 Å². The topological polar surface area (TPSA) is 21.3 Å². The normalized spacial score (nSPS) is 27.3. The average molecular weight is 267 g/mol. The molecule has 2 aliphatic rings. The first-order chi connectivity index (χ1) is 8.73. The van der Waals surface area contributed by atoms with Crippen LogP contribution in [0.1, 0.15) is 73.1 Å². The van der Waals surface area contributed by atoms with Gasteiger partial charge in [0, 0.05) is 12.1 Å². The van der Waals surface area contributed by atoms with Gasteiger partial charge in [-0.25, -0.2) is 0 Å². The van der Waals surface area contributed by atoms with E-state index >= 15 is 0 Å². The maximum Gasteiger partial charge on any atom is 0.0685 e. The third kappa shape index (κ3) is 3.95. The van der Waals surface area contributed by atoms with Gasteiger partial charge in [-0.15, -0.1) is 0 Å². The fourth-order valence-corrected chi connectivity index (χ4v) is 3.58. The van der Waals surface area contributed by atoms with Gasteiger partial charge in [0.25, 0.3) is 0 Å². The maximum atomic E-state index is 6.07. The van der Waals surface area contributed by atoms with Gasteiger partial charge in [0.2, 0.25) is 0 Å². The second-order valence-electron chi connectivity index (χ2n) is 8.49. The zero-order valence-electron chi connectivity index (χ0n) is 13.6. The van der Waals surface area contributed by atoms with Crippen LogP contribution in [-0.4, -0.2) is 24.3 Å². The molecule has 0 radical (unpaired) electrons. The van der Waals surface area contributed by atoms with Crippen LogP contribution in [0.25, 0.3) is 0 Å². The van der Waals surface area contributed by atoms with Gasteiger partial charge < -0.3 is 10.1 Å². The average Bonchev–Trinajstić information content (AvgIpc) is 2.25. The van der Waals surface area contributed by atoms with Crippen molar-refractivity contribution in [1.82, 2.24) is 5.32 Å². The van der Waals surface area contributed by atoms with Gasteiger partial charge in [-0.2, -0.15) is 0 Å². The van der Waals surface area contributed by atoms with Gasteiger partial charge in [-0.3, -0.25) is 0 Å². The van der Waals surface area contributed by atoms with E-state index in [-0.39, 0.29) is 11.1 Å². The summed E-state index contributed by atoms with van der Waals surface area (Å²) >= 11 is 0. The van der Waals surface area contributed by atoms with Crippen LogP contribution in [0.4, 0.5) is 0 Å². The van der Waals surface area contributed by atoms with Crippen molar-refractivity contribution < 1.29 is 4.74 Å². The van der Waals surface area contributed by atoms with Gasteiger partial charge in [0.15, 0.2) is 0 Å². The maximum absolute atomic E-state index is 6.07. The van der Waals surface area contributed by atoms with E-state index in [0.717, 1.165) is 19.1 Å². The molecule has 1 heterocycles. The molecule has 1 N–H and O–H groups in total. The molecule has 0 amide bonds. The molecule has 1 spiro atoms. The molecule has 2 nitrogen and oxygen atoms in total. The van der Waals surface area contributed by atoms with E-state index in [0.29, 0.717) is 5.41 Å². The molecule has 0 aromatic carbocycles. The van der Waals surface area contributed by atoms with E-state index in [1.165, 1.54) is 38.5 Å². The third-order valence-electron chi connectivity index (χ3n) is 5.29. The Morgan fingerprint density at radius 2 is 1.84 bits per heavy atom. The second-order valence-corrected chi connectivity index (χ2v) is 8.49. The van der Waals surface area contributed by atoms with Crippen molar-refractivity contribution in [1.29, 1.82) is 0 Å². The van der Waals surface area contributed by atoms with Crippen molar-refractivity contribution in [3.8, 4) is 0 Å². The Morgan fingerprint density at radius 3 is 2.37 bits per heavy atom. The molecule has 1 saturated heterocycles. The Bertz CT molecular complexity index is 299. The highest BCUT2D eigenvalue weighted by Gasteiger charge is 2.45. The van der Waals surface area contributed by atoms with Crippen molar-refractivity contribution in [3.63, 3.8) is 0 Å². The highest BCUT2D eigenvalue weighted by atomic mass is 16.5. The van der Waals surface area contributed by atoms with Crippen molar-refractivity contribution in [2.45, 2.75) is 84.3 Å². The third-order valence-corrected chi connectivity index (χ3v) is 5.29. The van der Waals surface area contributed by atoms with Crippen LogP contribution in [0.15, 0.2) is 0 Å². The lowest BCUT2D eigenvalue weighted by Gasteiger charge is -2.51. The lowest BCUT2D eigenvalue weighted by atomic mass is 9.64. The minimum Gasteiger partial charge on any atom is -0.375 e. The first-order valence-corrected chi connectivity index (χ1v) is 8.12. The molecular weight excluding hydrogens is 234 g/mol. The SMILES string of the molecule is CC(C)(C)NCCC(C)(C)C1CCOC2(CCC2)C1. The van der Waals surface area contributed by atoms with E-state index in [9.17, 15) is 0 Å². The van der Waals surface area contributed by atoms with Crippen LogP contribution in [0, 0.1) is 11.3 Å². The summed E-state index contributed by atoms with van der Waals surface area (Å²) in [5, 5.41) is 3.63. The number of hydrogen-bond donors (Lipinski definition) is 1. The first kappa shape index (κ1) is 15.3. The molecule has 0 bridgehead atoms. The highest BCUT2D eigenvalue weighted by molar-refractivity contribution is 4.97. The van der Waals surface area contributed by atoms with Gasteiger partial charge in [0.1, 0.15) is 0 Å². The zero-order chi connectivity index (χ0) is 14.1. The highest BCUT2D eigenvalue weighted by Crippen LogP contribution is 2.49. The molecule has 0 aromatic rings. The van der Waals surface area contributed by atoms with Gasteiger partial charge >= 0.3 is 0 Å². The van der Waals surface area contributed by atoms with Crippen molar-refractivity contribution in [2.24, 2.45) is 11.3 Å². The lowest BCUT2D eigenvalue weighted by molar-refractivity contribution is -0.158. The number of nitrogens with one attached hydrogen (secondary N) is 1. The molecule has 2 fully saturated rings. The standard InChI is InChI=1S/C17H33NO/c1-15(2,3)18-11-10-16(4,5)14-7-12-19-17(13-14)8-6-9-17/h14,18H,6-13H2,1-5H3. The van der Waals surface area contributed by atoms with Crippen molar-refractivity contribution in [3.05, 3.63) is 0 Å². The lowest BCUT2D eigenvalue weighted by Crippen LogP contribution is -2.49. The molecule has 1 aliphatic heterocycles. The number of hydrogen-bond acceptors (Lipinski definition) is 2. The Kier molecular flexibility index (Phi) is 4.32. The van der Waals surface area contributed by atoms with Crippen LogP contribution in [0.5, 0.6) is 0 Å². The predicted octanol–water partition coefficient (Wildman–Crippen LogP) is 4.14. The quantitative estimate of drug-likeness (QED) is 0.826. The van der Waals surface area contributed by atoms with E-state index in [2.05, 4.69) is 39.9 Å². The molecular formula is C17H33NO. The molecule has 19 heavy (non-hydrogen) atoms. The molecule has 1 atom stereocenters. The van der Waals surface area contributed by atoms with E-state index in [1.807, 2.05) is 0 Å². The summed E-state index contributed by atoms with van der Waals surface area (Å²) in [6.07, 6.45) is 7.81. The van der Waals surface area contributed by atoms with E-state index in [1.54, 1.807) is 0 Å². The summed E-state index contributed by atoms with van der Waals surface area (Å²) in [6.45, 7) is 13.8. The van der Waals surface area contributed by atoms with Crippen LogP contribution in [0.2, 0.25) is 0 Å².